The van der Waals surface area contributed by atoms with Crippen LogP contribution in [0, 0.1) is 17.8 Å². The number of benzene rings is 2. The molecule has 6 rings (SSSR count). The maximum absolute atomic E-state index is 4.81. The molecule has 0 aliphatic heterocycles. The van der Waals surface area contributed by atoms with Crippen LogP contribution in [0.3, 0.4) is 0 Å². The van der Waals surface area contributed by atoms with Gasteiger partial charge in [-0.15, -0.1) is 0 Å². The number of aryl methyl sites for hydroxylation is 2. The van der Waals surface area contributed by atoms with Crippen molar-refractivity contribution in [2.45, 2.75) is 90.9 Å². The van der Waals surface area contributed by atoms with Crippen LogP contribution in [0.15, 0.2) is 108 Å². The van der Waals surface area contributed by atoms with Gasteiger partial charge in [0.2, 0.25) is 0 Å². The average Bonchev–Trinajstić information content (AvgIpc) is 3.67. The Morgan fingerprint density at radius 3 is 2.59 bits per heavy atom. The van der Waals surface area contributed by atoms with Crippen LogP contribution in [0.2, 0.25) is 0 Å². The van der Waals surface area contributed by atoms with Gasteiger partial charge in [-0.2, -0.15) is 0 Å². The zero-order valence-corrected chi connectivity index (χ0v) is 26.0. The van der Waals surface area contributed by atoms with Gasteiger partial charge in [-0.25, -0.2) is 0 Å². The highest BCUT2D eigenvalue weighted by Crippen LogP contribution is 2.57. The zero-order valence-electron chi connectivity index (χ0n) is 26.0. The normalized spacial score (nSPS) is 26.5. The molecule has 2 aromatic carbocycles. The SMILES string of the molecule is C=C1C(=CC2=CC=C(c3cccc(C(C)(C)C)c3)C2)CC2=CC(C)C(C(=C)CCC)C(c3ccc4c(c3)CCC4)C12. The van der Waals surface area contributed by atoms with Crippen LogP contribution in [0.1, 0.15) is 100 Å². The van der Waals surface area contributed by atoms with Crippen molar-refractivity contribution in [3.8, 4) is 0 Å². The van der Waals surface area contributed by atoms with Crippen LogP contribution < -0.4 is 0 Å². The third kappa shape index (κ3) is 5.31. The van der Waals surface area contributed by atoms with Crippen molar-refractivity contribution in [2.75, 3.05) is 0 Å². The fourth-order valence-electron chi connectivity index (χ4n) is 8.16. The Morgan fingerprint density at radius 1 is 1.00 bits per heavy atom. The van der Waals surface area contributed by atoms with E-state index in [9.17, 15) is 0 Å². The van der Waals surface area contributed by atoms with E-state index in [-0.39, 0.29) is 5.41 Å². The Kier molecular flexibility index (Phi) is 7.48. The highest BCUT2D eigenvalue weighted by atomic mass is 14.5. The third-order valence-corrected chi connectivity index (χ3v) is 10.3. The van der Waals surface area contributed by atoms with E-state index in [4.69, 9.17) is 6.58 Å². The molecule has 4 unspecified atom stereocenters. The summed E-state index contributed by atoms with van der Waals surface area (Å²) in [6.45, 7) is 21.1. The number of rotatable bonds is 6. The maximum atomic E-state index is 4.81. The van der Waals surface area contributed by atoms with Crippen LogP contribution in [0.5, 0.6) is 0 Å². The van der Waals surface area contributed by atoms with Crippen LogP contribution in [-0.2, 0) is 18.3 Å². The summed E-state index contributed by atoms with van der Waals surface area (Å²) in [6.07, 6.45) is 17.8. The molecule has 2 aromatic rings. The van der Waals surface area contributed by atoms with Gasteiger partial charge in [-0.1, -0.05) is 132 Å². The van der Waals surface area contributed by atoms with Crippen molar-refractivity contribution in [1.82, 2.24) is 0 Å². The van der Waals surface area contributed by atoms with Crippen LogP contribution in [0.4, 0.5) is 0 Å². The Hall–Kier alpha value is -3.12. The maximum Gasteiger partial charge on any atom is 0.0123 e. The van der Waals surface area contributed by atoms with Gasteiger partial charge in [0.05, 0.1) is 0 Å². The smallest absolute Gasteiger partial charge is 0.0123 e. The first-order chi connectivity index (χ1) is 19.6. The molecule has 0 nitrogen and oxygen atoms in total. The van der Waals surface area contributed by atoms with Gasteiger partial charge in [-0.05, 0) is 106 Å². The molecule has 4 atom stereocenters. The minimum absolute atomic E-state index is 0.159. The molecule has 0 heterocycles. The molecule has 1 fully saturated rings. The summed E-state index contributed by atoms with van der Waals surface area (Å²) in [5.74, 6) is 1.78. The summed E-state index contributed by atoms with van der Waals surface area (Å²) in [5.41, 5.74) is 16.2. The van der Waals surface area contributed by atoms with Crippen molar-refractivity contribution in [3.63, 3.8) is 0 Å². The minimum atomic E-state index is 0.159. The standard InChI is InChI=1S/C41H48/c1-8-11-26(2)38-27(3)20-36-24-35(28(4)39(36)40(38)34-19-18-30-12-9-13-31(30)23-34)22-29-16-17-33(21-29)32-14-10-15-37(25-32)41(5,6)7/h10,14-20,22-23,25,27,38-40H,2,4,8-9,11-13,21,24H2,1,3,5-7H3. The van der Waals surface area contributed by atoms with Crippen molar-refractivity contribution in [3.05, 3.63) is 136 Å². The van der Waals surface area contributed by atoms with Crippen LogP contribution >= 0.6 is 0 Å². The number of hydrogen-bond acceptors (Lipinski definition) is 0. The van der Waals surface area contributed by atoms with Gasteiger partial charge in [0.25, 0.3) is 0 Å². The Bertz CT molecular complexity index is 1510. The fraction of sp³-hybridized carbons (Fsp3) is 0.415. The van der Waals surface area contributed by atoms with Crippen LogP contribution in [-0.4, -0.2) is 0 Å². The highest BCUT2D eigenvalue weighted by Gasteiger charge is 2.45. The molecule has 4 aliphatic rings. The fourth-order valence-corrected chi connectivity index (χ4v) is 8.16. The summed E-state index contributed by atoms with van der Waals surface area (Å²) in [7, 11) is 0. The van der Waals surface area contributed by atoms with E-state index in [2.05, 4.69) is 108 Å². The Labute approximate surface area is 249 Å². The largest absolute Gasteiger partial charge is 0.0995 e. The van der Waals surface area contributed by atoms with E-state index in [0.717, 1.165) is 25.7 Å². The second-order valence-electron chi connectivity index (χ2n) is 14.2. The van der Waals surface area contributed by atoms with Crippen molar-refractivity contribution < 1.29 is 0 Å². The summed E-state index contributed by atoms with van der Waals surface area (Å²) in [6, 6.07) is 16.6. The lowest BCUT2D eigenvalue weighted by Gasteiger charge is -2.41. The average molecular weight is 541 g/mol. The number of fused-ring (bicyclic) bond motifs is 2. The number of hydrogen-bond donors (Lipinski definition) is 0. The highest BCUT2D eigenvalue weighted by molar-refractivity contribution is 5.74. The second-order valence-corrected chi connectivity index (χ2v) is 14.2. The van der Waals surface area contributed by atoms with E-state index in [1.54, 1.807) is 16.7 Å². The quantitative estimate of drug-likeness (QED) is 0.320. The molecule has 0 radical (unpaired) electrons. The first-order valence-corrected chi connectivity index (χ1v) is 16.0. The zero-order chi connectivity index (χ0) is 28.9. The molecule has 0 amide bonds. The molecule has 41 heavy (non-hydrogen) atoms. The number of allylic oxidation sites excluding steroid dienone is 10. The van der Waals surface area contributed by atoms with E-state index in [1.165, 1.54) is 63.8 Å². The van der Waals surface area contributed by atoms with E-state index >= 15 is 0 Å². The van der Waals surface area contributed by atoms with Crippen molar-refractivity contribution in [1.29, 1.82) is 0 Å². The predicted molar refractivity (Wildman–Crippen MR) is 177 cm³/mol. The third-order valence-electron chi connectivity index (χ3n) is 10.3. The molecule has 0 aromatic heterocycles. The Morgan fingerprint density at radius 2 is 1.80 bits per heavy atom. The summed E-state index contributed by atoms with van der Waals surface area (Å²) >= 11 is 0. The molecule has 0 spiro atoms. The summed E-state index contributed by atoms with van der Waals surface area (Å²) < 4.78 is 0. The summed E-state index contributed by atoms with van der Waals surface area (Å²) in [4.78, 5) is 0. The molecular weight excluding hydrogens is 492 g/mol. The first kappa shape index (κ1) is 28.0. The molecule has 0 saturated heterocycles. The second kappa shape index (κ2) is 10.9. The van der Waals surface area contributed by atoms with E-state index < -0.39 is 0 Å². The molecule has 4 aliphatic carbocycles. The predicted octanol–water partition coefficient (Wildman–Crippen LogP) is 11.0. The van der Waals surface area contributed by atoms with Crippen molar-refractivity contribution in [2.24, 2.45) is 17.8 Å². The molecular formula is C41H48. The lowest BCUT2D eigenvalue weighted by Crippen LogP contribution is -2.31. The van der Waals surface area contributed by atoms with Crippen LogP contribution in [0.25, 0.3) is 5.57 Å². The first-order valence-electron chi connectivity index (χ1n) is 16.0. The van der Waals surface area contributed by atoms with E-state index in [1.807, 2.05) is 0 Å². The topological polar surface area (TPSA) is 0 Å². The molecule has 0 bridgehead atoms. The van der Waals surface area contributed by atoms with E-state index in [0.29, 0.717) is 23.7 Å². The van der Waals surface area contributed by atoms with Crippen molar-refractivity contribution >= 4 is 5.57 Å². The lowest BCUT2D eigenvalue weighted by molar-refractivity contribution is 0.322. The molecule has 0 N–H and O–H groups in total. The Balaban J connectivity index is 1.29. The van der Waals surface area contributed by atoms with Gasteiger partial charge in [0.15, 0.2) is 0 Å². The van der Waals surface area contributed by atoms with Gasteiger partial charge in [-0.3, -0.25) is 0 Å². The minimum Gasteiger partial charge on any atom is -0.0995 e. The summed E-state index contributed by atoms with van der Waals surface area (Å²) in [5, 5.41) is 0. The van der Waals surface area contributed by atoms with Gasteiger partial charge >= 0.3 is 0 Å². The molecule has 1 saturated carbocycles. The van der Waals surface area contributed by atoms with Gasteiger partial charge < -0.3 is 0 Å². The monoisotopic (exact) mass is 540 g/mol. The van der Waals surface area contributed by atoms with Gasteiger partial charge in [0.1, 0.15) is 0 Å². The van der Waals surface area contributed by atoms with Gasteiger partial charge in [0, 0.05) is 11.8 Å². The lowest BCUT2D eigenvalue weighted by atomic mass is 9.62. The molecule has 212 valence electrons. The molecule has 0 heteroatoms.